The van der Waals surface area contributed by atoms with Gasteiger partial charge in [0.05, 0.1) is 17.5 Å². The Labute approximate surface area is 169 Å². The Balaban J connectivity index is 1.41. The number of carbonyl (C=O) groups excluding carboxylic acids is 1. The van der Waals surface area contributed by atoms with E-state index in [1.807, 2.05) is 0 Å². The number of carbonyl (C=O) groups is 1. The highest BCUT2D eigenvalue weighted by Gasteiger charge is 2.30. The van der Waals surface area contributed by atoms with Gasteiger partial charge in [0.15, 0.2) is 0 Å². The van der Waals surface area contributed by atoms with Crippen molar-refractivity contribution in [1.29, 1.82) is 5.26 Å². The number of nitrogens with one attached hydrogen (secondary N) is 2. The number of nitriles is 1. The van der Waals surface area contributed by atoms with Crippen molar-refractivity contribution in [3.63, 3.8) is 0 Å². The number of rotatable bonds is 7. The molecule has 9 heteroatoms. The van der Waals surface area contributed by atoms with Crippen molar-refractivity contribution < 1.29 is 9.72 Å². The van der Waals surface area contributed by atoms with Gasteiger partial charge in [-0.2, -0.15) is 5.26 Å². The summed E-state index contributed by atoms with van der Waals surface area (Å²) in [5.41, 5.74) is 0.664. The molecule has 2 N–H and O–H groups in total. The van der Waals surface area contributed by atoms with E-state index < -0.39 is 4.92 Å². The molecule has 3 atom stereocenters. The van der Waals surface area contributed by atoms with Crippen molar-refractivity contribution in [2.45, 2.75) is 44.2 Å². The van der Waals surface area contributed by atoms with Gasteiger partial charge in [0.1, 0.15) is 11.1 Å². The Morgan fingerprint density at radius 1 is 1.39 bits per heavy atom. The lowest BCUT2D eigenvalue weighted by Crippen LogP contribution is -2.43. The van der Waals surface area contributed by atoms with Crippen molar-refractivity contribution in [2.75, 3.05) is 25.0 Å². The zero-order chi connectivity index (χ0) is 20.1. The maximum absolute atomic E-state index is 12.3. The van der Waals surface area contributed by atoms with Crippen molar-refractivity contribution in [1.82, 2.24) is 10.2 Å². The molecule has 2 fully saturated rings. The van der Waals surface area contributed by atoms with Crippen LogP contribution in [0.5, 0.6) is 0 Å². The maximum atomic E-state index is 12.3. The molecule has 3 rings (SSSR count). The van der Waals surface area contributed by atoms with Gasteiger partial charge >= 0.3 is 0 Å². The fourth-order valence-electron chi connectivity index (χ4n) is 4.01. The van der Waals surface area contributed by atoms with Crippen LogP contribution in [0.15, 0.2) is 18.2 Å². The number of nitro benzene ring substituents is 1. The molecule has 1 aromatic carbocycles. The van der Waals surface area contributed by atoms with Crippen LogP contribution in [0.2, 0.25) is 5.02 Å². The summed E-state index contributed by atoms with van der Waals surface area (Å²) in [4.78, 5) is 24.3. The van der Waals surface area contributed by atoms with Gasteiger partial charge in [0.25, 0.3) is 5.69 Å². The van der Waals surface area contributed by atoms with E-state index in [4.69, 9.17) is 16.9 Å². The predicted octanol–water partition coefficient (Wildman–Crippen LogP) is 2.93. The lowest BCUT2D eigenvalue weighted by Gasteiger charge is -2.21. The first kappa shape index (κ1) is 20.4. The standard InChI is InChI=1S/C19H24ClN5O3/c20-17-9-15(5-6-18(17)25(27)28)22-11-13-3-4-14(8-13)23-12-19(26)24-7-1-2-16(24)10-21/h5-6,9,13-14,16,22-23H,1-4,7-8,11-12H2. The maximum Gasteiger partial charge on any atom is 0.288 e. The zero-order valence-electron chi connectivity index (χ0n) is 15.6. The third-order valence-corrected chi connectivity index (χ3v) is 5.85. The molecule has 0 spiro atoms. The normalized spacial score (nSPS) is 24.1. The van der Waals surface area contributed by atoms with E-state index in [0.717, 1.165) is 44.3 Å². The number of nitrogens with zero attached hydrogens (tertiary/aromatic N) is 3. The van der Waals surface area contributed by atoms with E-state index in [2.05, 4.69) is 16.7 Å². The van der Waals surface area contributed by atoms with Gasteiger partial charge in [0, 0.05) is 30.9 Å². The van der Waals surface area contributed by atoms with Gasteiger partial charge in [-0.15, -0.1) is 0 Å². The van der Waals surface area contributed by atoms with E-state index in [-0.39, 0.29) is 29.2 Å². The van der Waals surface area contributed by atoms with E-state index >= 15 is 0 Å². The number of hydrogen-bond donors (Lipinski definition) is 2. The minimum absolute atomic E-state index is 0.00569. The smallest absolute Gasteiger partial charge is 0.288 e. The SMILES string of the molecule is N#CC1CCCN1C(=O)CNC1CCC(CNc2ccc([N+](=O)[O-])c(Cl)c2)C1. The summed E-state index contributed by atoms with van der Waals surface area (Å²) in [6.07, 6.45) is 4.68. The van der Waals surface area contributed by atoms with Crippen LogP contribution < -0.4 is 10.6 Å². The molecule has 28 heavy (non-hydrogen) atoms. The number of halogens is 1. The number of anilines is 1. The molecule has 1 aliphatic heterocycles. The minimum atomic E-state index is -0.498. The van der Waals surface area contributed by atoms with Gasteiger partial charge in [-0.25, -0.2) is 0 Å². The summed E-state index contributed by atoms with van der Waals surface area (Å²) in [6, 6.07) is 6.86. The Bertz CT molecular complexity index is 781. The Morgan fingerprint density at radius 2 is 2.21 bits per heavy atom. The molecule has 2 aliphatic rings. The van der Waals surface area contributed by atoms with Crippen LogP contribution in [0.3, 0.4) is 0 Å². The van der Waals surface area contributed by atoms with E-state index in [0.29, 0.717) is 18.5 Å². The van der Waals surface area contributed by atoms with E-state index in [1.165, 1.54) is 6.07 Å². The Hall–Kier alpha value is -2.37. The minimum Gasteiger partial charge on any atom is -0.385 e. The molecular weight excluding hydrogens is 382 g/mol. The second kappa shape index (κ2) is 9.22. The predicted molar refractivity (Wildman–Crippen MR) is 106 cm³/mol. The second-order valence-electron chi connectivity index (χ2n) is 7.44. The average Bonchev–Trinajstić information content (AvgIpc) is 3.33. The summed E-state index contributed by atoms with van der Waals surface area (Å²) >= 11 is 5.94. The molecule has 1 aromatic rings. The molecule has 150 valence electrons. The largest absolute Gasteiger partial charge is 0.385 e. The summed E-state index contributed by atoms with van der Waals surface area (Å²) < 4.78 is 0. The molecule has 1 aliphatic carbocycles. The quantitative estimate of drug-likeness (QED) is 0.533. The molecular formula is C19H24ClN5O3. The van der Waals surface area contributed by atoms with Gasteiger partial charge in [0.2, 0.25) is 5.91 Å². The van der Waals surface area contributed by atoms with E-state index in [9.17, 15) is 14.9 Å². The number of benzene rings is 1. The summed E-state index contributed by atoms with van der Waals surface area (Å²) in [6.45, 7) is 1.71. The third-order valence-electron chi connectivity index (χ3n) is 5.54. The first-order chi connectivity index (χ1) is 13.5. The summed E-state index contributed by atoms with van der Waals surface area (Å²) in [7, 11) is 0. The first-order valence-electron chi connectivity index (χ1n) is 9.58. The Kier molecular flexibility index (Phi) is 6.70. The van der Waals surface area contributed by atoms with Crippen LogP contribution in [-0.2, 0) is 4.79 Å². The third kappa shape index (κ3) is 4.91. The topological polar surface area (TPSA) is 111 Å². The van der Waals surface area contributed by atoms with Gasteiger partial charge < -0.3 is 15.5 Å². The van der Waals surface area contributed by atoms with Crippen LogP contribution in [0, 0.1) is 27.4 Å². The van der Waals surface area contributed by atoms with Gasteiger partial charge in [-0.3, -0.25) is 14.9 Å². The average molecular weight is 406 g/mol. The molecule has 1 amide bonds. The molecule has 1 saturated heterocycles. The van der Waals surface area contributed by atoms with Gasteiger partial charge in [-0.05, 0) is 50.2 Å². The van der Waals surface area contributed by atoms with Crippen LogP contribution in [0.4, 0.5) is 11.4 Å². The zero-order valence-corrected chi connectivity index (χ0v) is 16.3. The van der Waals surface area contributed by atoms with Crippen molar-refractivity contribution >= 4 is 28.9 Å². The fraction of sp³-hybridized carbons (Fsp3) is 0.579. The highest BCUT2D eigenvalue weighted by atomic mass is 35.5. The summed E-state index contributed by atoms with van der Waals surface area (Å²) in [5.74, 6) is 0.464. The van der Waals surface area contributed by atoms with E-state index in [1.54, 1.807) is 17.0 Å². The molecule has 8 nitrogen and oxygen atoms in total. The second-order valence-corrected chi connectivity index (χ2v) is 7.84. The van der Waals surface area contributed by atoms with Crippen molar-refractivity contribution in [3.05, 3.63) is 33.3 Å². The van der Waals surface area contributed by atoms with Crippen LogP contribution in [0.1, 0.15) is 32.1 Å². The van der Waals surface area contributed by atoms with Crippen LogP contribution >= 0.6 is 11.6 Å². The number of amides is 1. The van der Waals surface area contributed by atoms with Crippen LogP contribution in [0.25, 0.3) is 0 Å². The van der Waals surface area contributed by atoms with Crippen LogP contribution in [-0.4, -0.2) is 47.4 Å². The lowest BCUT2D eigenvalue weighted by molar-refractivity contribution is -0.384. The highest BCUT2D eigenvalue weighted by Crippen LogP contribution is 2.29. The molecule has 1 heterocycles. The molecule has 0 radical (unpaired) electrons. The van der Waals surface area contributed by atoms with Gasteiger partial charge in [-0.1, -0.05) is 11.6 Å². The number of likely N-dealkylation sites (tertiary alicyclic amines) is 1. The monoisotopic (exact) mass is 405 g/mol. The molecule has 0 bridgehead atoms. The number of nitro groups is 1. The molecule has 0 aromatic heterocycles. The number of hydrogen-bond acceptors (Lipinski definition) is 6. The lowest BCUT2D eigenvalue weighted by atomic mass is 10.1. The first-order valence-corrected chi connectivity index (χ1v) is 9.96. The molecule has 3 unspecified atom stereocenters. The fourth-order valence-corrected chi connectivity index (χ4v) is 4.26. The Morgan fingerprint density at radius 3 is 2.93 bits per heavy atom. The summed E-state index contributed by atoms with van der Waals surface area (Å²) in [5, 5.41) is 26.7. The molecule has 1 saturated carbocycles. The van der Waals surface area contributed by atoms with Crippen molar-refractivity contribution in [2.24, 2.45) is 5.92 Å². The van der Waals surface area contributed by atoms with Crippen molar-refractivity contribution in [3.8, 4) is 6.07 Å². The highest BCUT2D eigenvalue weighted by molar-refractivity contribution is 6.32.